The molecule has 2 aromatic carbocycles. The first-order valence-corrected chi connectivity index (χ1v) is 12.1. The summed E-state index contributed by atoms with van der Waals surface area (Å²) in [5, 5.41) is 0. The summed E-state index contributed by atoms with van der Waals surface area (Å²) in [6, 6.07) is 12.8. The van der Waals surface area contributed by atoms with Crippen LogP contribution >= 0.6 is 0 Å². The van der Waals surface area contributed by atoms with Crippen LogP contribution < -0.4 is 14.4 Å². The molecule has 1 saturated heterocycles. The lowest BCUT2D eigenvalue weighted by Crippen LogP contribution is -2.45. The van der Waals surface area contributed by atoms with Gasteiger partial charge in [0.05, 0.1) is 18.4 Å². The van der Waals surface area contributed by atoms with Crippen molar-refractivity contribution >= 4 is 5.95 Å². The highest BCUT2D eigenvalue weighted by atomic mass is 19.1. The normalized spacial score (nSPS) is 16.7. The Kier molecular flexibility index (Phi) is 6.83. The molecule has 3 aromatic rings. The molecule has 0 amide bonds. The van der Waals surface area contributed by atoms with Crippen LogP contribution in [0, 0.1) is 12.7 Å². The molecule has 5 rings (SSSR count). The van der Waals surface area contributed by atoms with Gasteiger partial charge >= 0.3 is 0 Å². The fraction of sp³-hybridized carbons (Fsp3) is 0.407. The molecule has 0 saturated carbocycles. The number of likely N-dealkylation sites (N-methyl/N-ethyl adjacent to an activating group) is 1. The number of benzene rings is 2. The van der Waals surface area contributed by atoms with E-state index >= 15 is 0 Å². The SMILES string of the molecule is COc1cccc(Oc2nc(N3CCN(C)CC3)nc3c2CN(Cc2cc(C)ccc2F)CC3)c1. The summed E-state index contributed by atoms with van der Waals surface area (Å²) in [5.74, 6) is 2.49. The number of piperazine rings is 1. The van der Waals surface area contributed by atoms with Crippen LogP contribution in [0.15, 0.2) is 42.5 Å². The summed E-state index contributed by atoms with van der Waals surface area (Å²) >= 11 is 0. The number of ether oxygens (including phenoxy) is 2. The van der Waals surface area contributed by atoms with Gasteiger partial charge in [-0.05, 0) is 32.2 Å². The molecule has 1 aromatic heterocycles. The molecule has 8 heteroatoms. The summed E-state index contributed by atoms with van der Waals surface area (Å²) in [7, 11) is 3.77. The molecule has 0 N–H and O–H groups in total. The molecule has 0 unspecified atom stereocenters. The molecule has 0 spiro atoms. The first-order valence-electron chi connectivity index (χ1n) is 12.1. The molecule has 0 radical (unpaired) electrons. The first-order chi connectivity index (χ1) is 17.0. The van der Waals surface area contributed by atoms with Crippen LogP contribution in [0.2, 0.25) is 0 Å². The van der Waals surface area contributed by atoms with Gasteiger partial charge in [0.1, 0.15) is 17.3 Å². The largest absolute Gasteiger partial charge is 0.497 e. The molecule has 35 heavy (non-hydrogen) atoms. The highest BCUT2D eigenvalue weighted by Crippen LogP contribution is 2.33. The highest BCUT2D eigenvalue weighted by molar-refractivity contribution is 5.45. The maximum atomic E-state index is 14.4. The third-order valence-electron chi connectivity index (χ3n) is 6.73. The number of rotatable bonds is 6. The average molecular weight is 478 g/mol. The zero-order chi connectivity index (χ0) is 24.4. The molecule has 0 aliphatic carbocycles. The Morgan fingerprint density at radius 3 is 2.57 bits per heavy atom. The molecule has 0 atom stereocenters. The van der Waals surface area contributed by atoms with Crippen LogP contribution in [-0.4, -0.2) is 66.6 Å². The third-order valence-corrected chi connectivity index (χ3v) is 6.73. The van der Waals surface area contributed by atoms with Crippen molar-refractivity contribution in [2.45, 2.75) is 26.4 Å². The van der Waals surface area contributed by atoms with E-state index in [9.17, 15) is 4.39 Å². The van der Waals surface area contributed by atoms with Crippen molar-refractivity contribution in [2.24, 2.45) is 0 Å². The van der Waals surface area contributed by atoms with Crippen LogP contribution in [-0.2, 0) is 19.5 Å². The van der Waals surface area contributed by atoms with Crippen LogP contribution in [0.3, 0.4) is 0 Å². The number of nitrogens with zero attached hydrogens (tertiary/aromatic N) is 5. The topological polar surface area (TPSA) is 54.0 Å². The van der Waals surface area contributed by atoms with Crippen LogP contribution in [0.25, 0.3) is 0 Å². The fourth-order valence-electron chi connectivity index (χ4n) is 4.64. The van der Waals surface area contributed by atoms with Crippen molar-refractivity contribution < 1.29 is 13.9 Å². The Hall–Kier alpha value is -3.23. The van der Waals surface area contributed by atoms with E-state index in [0.29, 0.717) is 36.2 Å². The predicted octanol–water partition coefficient (Wildman–Crippen LogP) is 4.04. The number of anilines is 1. The minimum Gasteiger partial charge on any atom is -0.497 e. The Morgan fingerprint density at radius 2 is 1.77 bits per heavy atom. The van der Waals surface area contributed by atoms with Crippen LogP contribution in [0.1, 0.15) is 22.4 Å². The molecular weight excluding hydrogens is 445 g/mol. The van der Waals surface area contributed by atoms with Crippen molar-refractivity contribution in [3.63, 3.8) is 0 Å². The van der Waals surface area contributed by atoms with Gasteiger partial charge in [0.15, 0.2) is 0 Å². The zero-order valence-corrected chi connectivity index (χ0v) is 20.6. The molecule has 3 heterocycles. The smallest absolute Gasteiger partial charge is 0.228 e. The van der Waals surface area contributed by atoms with E-state index in [1.807, 2.05) is 37.3 Å². The van der Waals surface area contributed by atoms with Gasteiger partial charge in [-0.15, -0.1) is 0 Å². The monoisotopic (exact) mass is 477 g/mol. The number of fused-ring (bicyclic) bond motifs is 1. The number of aryl methyl sites for hydroxylation is 1. The number of hydrogen-bond acceptors (Lipinski definition) is 7. The minimum atomic E-state index is -0.170. The van der Waals surface area contributed by atoms with E-state index in [-0.39, 0.29) is 5.82 Å². The van der Waals surface area contributed by atoms with Gasteiger partial charge in [-0.25, -0.2) is 9.37 Å². The number of halogens is 1. The van der Waals surface area contributed by atoms with E-state index in [0.717, 1.165) is 61.7 Å². The third kappa shape index (κ3) is 5.39. The number of aromatic nitrogens is 2. The summed E-state index contributed by atoms with van der Waals surface area (Å²) < 4.78 is 26.2. The molecule has 2 aliphatic heterocycles. The second kappa shape index (κ2) is 10.2. The lowest BCUT2D eigenvalue weighted by atomic mass is 10.0. The van der Waals surface area contributed by atoms with E-state index in [4.69, 9.17) is 19.4 Å². The Labute approximate surface area is 206 Å². The molecule has 184 valence electrons. The second-order valence-electron chi connectivity index (χ2n) is 9.38. The van der Waals surface area contributed by atoms with Gasteiger partial charge in [0.2, 0.25) is 11.8 Å². The molecular formula is C27H32FN5O2. The maximum absolute atomic E-state index is 14.4. The first kappa shape index (κ1) is 23.5. The highest BCUT2D eigenvalue weighted by Gasteiger charge is 2.27. The lowest BCUT2D eigenvalue weighted by molar-refractivity contribution is 0.235. The zero-order valence-electron chi connectivity index (χ0n) is 20.6. The van der Waals surface area contributed by atoms with Crippen LogP contribution in [0.5, 0.6) is 17.4 Å². The van der Waals surface area contributed by atoms with Gasteiger partial charge in [-0.2, -0.15) is 4.98 Å². The summed E-state index contributed by atoms with van der Waals surface area (Å²) in [6.07, 6.45) is 0.764. The van der Waals surface area contributed by atoms with Gasteiger partial charge in [-0.1, -0.05) is 23.8 Å². The van der Waals surface area contributed by atoms with E-state index in [1.165, 1.54) is 0 Å². The predicted molar refractivity (Wildman–Crippen MR) is 134 cm³/mol. The molecule has 7 nitrogen and oxygen atoms in total. The molecule has 1 fully saturated rings. The van der Waals surface area contributed by atoms with Gasteiger partial charge in [0, 0.05) is 63.9 Å². The van der Waals surface area contributed by atoms with E-state index in [1.54, 1.807) is 19.2 Å². The lowest BCUT2D eigenvalue weighted by Gasteiger charge is -2.34. The Balaban J connectivity index is 1.46. The van der Waals surface area contributed by atoms with Crippen molar-refractivity contribution in [3.8, 4) is 17.4 Å². The number of hydrogen-bond donors (Lipinski definition) is 0. The number of methoxy groups -OCH3 is 1. The van der Waals surface area contributed by atoms with Crippen molar-refractivity contribution in [3.05, 3.63) is 70.7 Å². The second-order valence-corrected chi connectivity index (χ2v) is 9.38. The summed E-state index contributed by atoms with van der Waals surface area (Å²) in [4.78, 5) is 16.6. The average Bonchev–Trinajstić information content (AvgIpc) is 2.87. The van der Waals surface area contributed by atoms with Gasteiger partial charge < -0.3 is 19.3 Å². The summed E-state index contributed by atoms with van der Waals surface area (Å²) in [5.41, 5.74) is 3.73. The fourth-order valence-corrected chi connectivity index (χ4v) is 4.64. The van der Waals surface area contributed by atoms with Crippen molar-refractivity contribution in [1.82, 2.24) is 19.8 Å². The Morgan fingerprint density at radius 1 is 0.971 bits per heavy atom. The Bertz CT molecular complexity index is 1200. The van der Waals surface area contributed by atoms with Crippen molar-refractivity contribution in [1.29, 1.82) is 0 Å². The van der Waals surface area contributed by atoms with Gasteiger partial charge in [-0.3, -0.25) is 4.90 Å². The van der Waals surface area contributed by atoms with E-state index < -0.39 is 0 Å². The quantitative estimate of drug-likeness (QED) is 0.531. The standard InChI is InChI=1S/C27H32FN5O2/c1-19-7-8-24(28)20(15-19)17-32-10-9-25-23(18-32)26(35-22-6-4-5-21(16-22)34-3)30-27(29-25)33-13-11-31(2)12-14-33/h4-8,15-16H,9-14,17-18H2,1-3H3. The van der Waals surface area contributed by atoms with Gasteiger partial charge in [0.25, 0.3) is 0 Å². The maximum Gasteiger partial charge on any atom is 0.228 e. The molecule has 2 aliphatic rings. The van der Waals surface area contributed by atoms with Crippen LogP contribution in [0.4, 0.5) is 10.3 Å². The minimum absolute atomic E-state index is 0.170. The van der Waals surface area contributed by atoms with E-state index in [2.05, 4.69) is 21.7 Å². The summed E-state index contributed by atoms with van der Waals surface area (Å²) in [6.45, 7) is 7.64. The van der Waals surface area contributed by atoms with Crippen molar-refractivity contribution in [2.75, 3.05) is 51.8 Å². The molecule has 0 bridgehead atoms.